The lowest BCUT2D eigenvalue weighted by molar-refractivity contribution is -0.137. The molecule has 2 atom stereocenters. The summed E-state index contributed by atoms with van der Waals surface area (Å²) in [4.78, 5) is 26.7. The molecule has 144 valence electrons. The topological polar surface area (TPSA) is 64.7 Å². The van der Waals surface area contributed by atoms with Crippen molar-refractivity contribution >= 4 is 29.1 Å². The molecule has 1 saturated heterocycles. The second-order valence-corrected chi connectivity index (χ2v) is 7.51. The van der Waals surface area contributed by atoms with Crippen molar-refractivity contribution in [2.24, 2.45) is 0 Å². The lowest BCUT2D eigenvalue weighted by atomic mass is 10.0. The van der Waals surface area contributed by atoms with Gasteiger partial charge in [0.25, 0.3) is 5.91 Å². The van der Waals surface area contributed by atoms with E-state index in [0.29, 0.717) is 11.4 Å². The van der Waals surface area contributed by atoms with Gasteiger partial charge >= 0.3 is 0 Å². The monoisotopic (exact) mass is 396 g/mol. The zero-order chi connectivity index (χ0) is 19.7. The van der Waals surface area contributed by atoms with E-state index >= 15 is 0 Å². The molecule has 28 heavy (non-hydrogen) atoms. The number of fused-ring (bicyclic) bond motifs is 1. The van der Waals surface area contributed by atoms with Crippen molar-refractivity contribution in [1.82, 2.24) is 15.3 Å². The van der Waals surface area contributed by atoms with Gasteiger partial charge in [-0.2, -0.15) is 0 Å². The summed E-state index contributed by atoms with van der Waals surface area (Å²) in [7, 11) is 0. The van der Waals surface area contributed by atoms with Crippen molar-refractivity contribution in [2.45, 2.75) is 25.4 Å². The van der Waals surface area contributed by atoms with Crippen LogP contribution in [0.4, 0.5) is 5.69 Å². The smallest absolute Gasteiger partial charge is 0.251 e. The molecule has 0 spiro atoms. The Morgan fingerprint density at radius 3 is 2.75 bits per heavy atom. The highest BCUT2D eigenvalue weighted by Gasteiger charge is 2.40. The number of nitrogens with one attached hydrogen (secondary N) is 2. The van der Waals surface area contributed by atoms with Gasteiger partial charge in [-0.1, -0.05) is 35.9 Å². The van der Waals surface area contributed by atoms with E-state index in [9.17, 15) is 9.59 Å². The number of carbonyl (C=O) groups is 2. The molecule has 2 heterocycles. The molecule has 0 saturated carbocycles. The van der Waals surface area contributed by atoms with E-state index in [-0.39, 0.29) is 30.4 Å². The second-order valence-electron chi connectivity index (χ2n) is 7.07. The third-order valence-corrected chi connectivity index (χ3v) is 5.22. The third kappa shape index (κ3) is 3.88. The number of hydrogen-bond donors (Lipinski definition) is 2. The molecular formula is C21H21ClN4O2. The molecular weight excluding hydrogens is 376 g/mol. The zero-order valence-electron chi connectivity index (χ0n) is 15.4. The maximum atomic E-state index is 12.9. The van der Waals surface area contributed by atoms with Crippen LogP contribution >= 0.6 is 11.6 Å². The van der Waals surface area contributed by atoms with Crippen molar-refractivity contribution in [1.29, 1.82) is 0 Å². The highest BCUT2D eigenvalue weighted by Crippen LogP contribution is 2.31. The first-order valence-corrected chi connectivity index (χ1v) is 9.53. The first-order chi connectivity index (χ1) is 13.5. The number of hydrogen-bond acceptors (Lipinski definition) is 4. The van der Waals surface area contributed by atoms with Crippen LogP contribution in [0.25, 0.3) is 0 Å². The van der Waals surface area contributed by atoms with Crippen LogP contribution in [0.1, 0.15) is 23.6 Å². The molecule has 0 aromatic heterocycles. The molecule has 2 aromatic carbocycles. The average Bonchev–Trinajstić information content (AvgIpc) is 3.10. The van der Waals surface area contributed by atoms with E-state index in [4.69, 9.17) is 11.6 Å². The van der Waals surface area contributed by atoms with Gasteiger partial charge < -0.3 is 15.2 Å². The summed E-state index contributed by atoms with van der Waals surface area (Å²) in [5, 5.41) is 5.34. The number of carbonyl (C=O) groups excluding carboxylic acids is 2. The van der Waals surface area contributed by atoms with Crippen molar-refractivity contribution < 1.29 is 9.59 Å². The number of nitrogens with zero attached hydrogens (tertiary/aromatic N) is 2. The first-order valence-electron chi connectivity index (χ1n) is 9.15. The molecule has 1 fully saturated rings. The first kappa shape index (κ1) is 18.5. The number of hydrazine groups is 1. The van der Waals surface area contributed by atoms with Gasteiger partial charge in [-0.25, -0.2) is 5.43 Å². The minimum atomic E-state index is -0.336. The molecule has 2 unspecified atom stereocenters. The average molecular weight is 397 g/mol. The van der Waals surface area contributed by atoms with Crippen LogP contribution in [0.3, 0.4) is 0 Å². The normalized spacial score (nSPS) is 21.0. The van der Waals surface area contributed by atoms with Crippen molar-refractivity contribution in [3.8, 4) is 0 Å². The Labute approximate surface area is 168 Å². The molecule has 6 nitrogen and oxygen atoms in total. The molecule has 2 aliphatic rings. The zero-order valence-corrected chi connectivity index (χ0v) is 16.2. The van der Waals surface area contributed by atoms with Gasteiger partial charge in [0.1, 0.15) is 12.6 Å². The maximum absolute atomic E-state index is 12.9. The summed E-state index contributed by atoms with van der Waals surface area (Å²) < 4.78 is 0. The fourth-order valence-electron chi connectivity index (χ4n) is 3.56. The van der Waals surface area contributed by atoms with Gasteiger partial charge in [0.15, 0.2) is 0 Å². The summed E-state index contributed by atoms with van der Waals surface area (Å²) in [6, 6.07) is 14.9. The molecule has 2 aliphatic heterocycles. The lowest BCUT2D eigenvalue weighted by Gasteiger charge is -2.31. The SMILES string of the molecule is Cc1cccc(NC(=O)CN2C=CN3NC(c4ccc(Cl)cc4)CC3C2=O)c1. The van der Waals surface area contributed by atoms with Crippen molar-refractivity contribution in [2.75, 3.05) is 11.9 Å². The van der Waals surface area contributed by atoms with Gasteiger partial charge in [0.05, 0.1) is 6.04 Å². The quantitative estimate of drug-likeness (QED) is 0.832. The summed E-state index contributed by atoms with van der Waals surface area (Å²) in [6.45, 7) is 1.95. The van der Waals surface area contributed by atoms with E-state index in [2.05, 4.69) is 10.7 Å². The van der Waals surface area contributed by atoms with E-state index in [1.54, 1.807) is 6.20 Å². The minimum Gasteiger partial charge on any atom is -0.325 e. The van der Waals surface area contributed by atoms with Crippen LogP contribution in [0.15, 0.2) is 60.9 Å². The molecule has 2 N–H and O–H groups in total. The minimum absolute atomic E-state index is 0.0147. The lowest BCUT2D eigenvalue weighted by Crippen LogP contribution is -2.49. The molecule has 0 aliphatic carbocycles. The maximum Gasteiger partial charge on any atom is 0.251 e. The van der Waals surface area contributed by atoms with Crippen LogP contribution in [-0.4, -0.2) is 34.3 Å². The Morgan fingerprint density at radius 1 is 1.21 bits per heavy atom. The van der Waals surface area contributed by atoms with Gasteiger partial charge in [0.2, 0.25) is 5.91 Å². The number of benzene rings is 2. The Balaban J connectivity index is 1.39. The molecule has 2 amide bonds. The van der Waals surface area contributed by atoms with E-state index in [1.807, 2.05) is 66.7 Å². The van der Waals surface area contributed by atoms with Crippen LogP contribution in [-0.2, 0) is 9.59 Å². The van der Waals surface area contributed by atoms with Crippen molar-refractivity contribution in [3.05, 3.63) is 77.1 Å². The van der Waals surface area contributed by atoms with Crippen LogP contribution < -0.4 is 10.7 Å². The molecule has 0 bridgehead atoms. The van der Waals surface area contributed by atoms with Gasteiger partial charge in [-0.3, -0.25) is 9.59 Å². The third-order valence-electron chi connectivity index (χ3n) is 4.96. The summed E-state index contributed by atoms with van der Waals surface area (Å²) >= 11 is 5.96. The Hall–Kier alpha value is -2.83. The van der Waals surface area contributed by atoms with E-state index in [0.717, 1.165) is 16.8 Å². The number of rotatable bonds is 4. The number of anilines is 1. The molecule has 0 radical (unpaired) electrons. The molecule has 7 heteroatoms. The number of halogens is 1. The fraction of sp³-hybridized carbons (Fsp3) is 0.238. The predicted molar refractivity (Wildman–Crippen MR) is 108 cm³/mol. The van der Waals surface area contributed by atoms with E-state index in [1.165, 1.54) is 4.90 Å². The van der Waals surface area contributed by atoms with Gasteiger partial charge in [0, 0.05) is 23.1 Å². The summed E-state index contributed by atoms with van der Waals surface area (Å²) in [6.07, 6.45) is 4.08. The van der Waals surface area contributed by atoms with Crippen molar-refractivity contribution in [3.63, 3.8) is 0 Å². The highest BCUT2D eigenvalue weighted by molar-refractivity contribution is 6.30. The Kier molecular flexibility index (Phi) is 5.07. The van der Waals surface area contributed by atoms with E-state index < -0.39 is 0 Å². The predicted octanol–water partition coefficient (Wildman–Crippen LogP) is 3.22. The Morgan fingerprint density at radius 2 is 2.00 bits per heavy atom. The fourth-order valence-corrected chi connectivity index (χ4v) is 3.68. The van der Waals surface area contributed by atoms with Crippen LogP contribution in [0.5, 0.6) is 0 Å². The molecule has 2 aromatic rings. The summed E-state index contributed by atoms with van der Waals surface area (Å²) in [5.74, 6) is -0.317. The molecule has 4 rings (SSSR count). The highest BCUT2D eigenvalue weighted by atomic mass is 35.5. The summed E-state index contributed by atoms with van der Waals surface area (Å²) in [5.41, 5.74) is 6.20. The largest absolute Gasteiger partial charge is 0.325 e. The number of aryl methyl sites for hydroxylation is 1. The van der Waals surface area contributed by atoms with Gasteiger partial charge in [-0.15, -0.1) is 0 Å². The second kappa shape index (κ2) is 7.66. The number of amides is 2. The Bertz CT molecular complexity index is 928. The standard InChI is InChI=1S/C21H21ClN4O2/c1-14-3-2-4-17(11-14)23-20(27)13-25-9-10-26-19(21(25)28)12-18(24-26)15-5-7-16(22)8-6-15/h2-11,18-19,24H,12-13H2,1H3,(H,23,27). The van der Waals surface area contributed by atoms with Gasteiger partial charge in [-0.05, 0) is 48.7 Å². The van der Waals surface area contributed by atoms with Crippen LogP contribution in [0, 0.1) is 6.92 Å². The van der Waals surface area contributed by atoms with Crippen LogP contribution in [0.2, 0.25) is 5.02 Å².